The molecule has 2 aromatic rings. The first-order chi connectivity index (χ1) is 23.2. The van der Waals surface area contributed by atoms with E-state index in [-0.39, 0.29) is 17.9 Å². The molecule has 0 fully saturated rings. The molecule has 11 nitrogen and oxygen atoms in total. The quantitative estimate of drug-likeness (QED) is 0.0356. The Morgan fingerprint density at radius 1 is 1.02 bits per heavy atom. The third-order valence-corrected chi connectivity index (χ3v) is 8.44. The summed E-state index contributed by atoms with van der Waals surface area (Å²) in [7, 11) is 7.13. The minimum Gasteiger partial charge on any atom is -0.374 e. The number of nitrogens with zero attached hydrogens (tertiary/aromatic N) is 5. The monoisotopic (exact) mass is 681 g/mol. The van der Waals surface area contributed by atoms with E-state index in [2.05, 4.69) is 62.5 Å². The van der Waals surface area contributed by atoms with Crippen LogP contribution in [0.4, 0.5) is 0 Å². The summed E-state index contributed by atoms with van der Waals surface area (Å²) >= 11 is 0. The molecule has 0 saturated heterocycles. The van der Waals surface area contributed by atoms with Crippen LogP contribution in [0, 0.1) is 23.7 Å². The first kappa shape index (κ1) is 45.2. The van der Waals surface area contributed by atoms with Crippen molar-refractivity contribution in [1.29, 1.82) is 10.7 Å². The standard InChI is InChI=1S/C27H41N3O2.C8H14N2O.C3H9N3/c1-8-20-18-22(26(31)29(5)6)12-14-24(20)25(15-16-28-9-2)23-13-11-21(17-19(23)4)27(32)30(7)10-3;1-3-5-8(6-9)10(4-2)7-11;1-3(4)6(2)5/h11-14,17-18,25,27-28,32H,8-10,15-16H2,1-7H3;7-8H,3-5H2,1-2H3;4H,5H2,1-2H3. The lowest BCUT2D eigenvalue weighted by Gasteiger charge is -2.26. The lowest BCUT2D eigenvalue weighted by atomic mass is 9.82. The molecule has 0 radical (unpaired) electrons. The van der Waals surface area contributed by atoms with Crippen LogP contribution in [0.15, 0.2) is 36.4 Å². The highest BCUT2D eigenvalue weighted by Crippen LogP contribution is 2.34. The van der Waals surface area contributed by atoms with Crippen molar-refractivity contribution in [2.75, 3.05) is 54.4 Å². The zero-order chi connectivity index (χ0) is 37.7. The average molecular weight is 681 g/mol. The number of carbonyl (C=O) groups is 2. The van der Waals surface area contributed by atoms with E-state index in [0.717, 1.165) is 62.9 Å². The van der Waals surface area contributed by atoms with E-state index in [9.17, 15) is 14.7 Å². The van der Waals surface area contributed by atoms with Gasteiger partial charge in [-0.05, 0) is 107 Å². The van der Waals surface area contributed by atoms with Crippen molar-refractivity contribution < 1.29 is 14.7 Å². The number of hydrogen-bond acceptors (Lipinski definition) is 8. The molecule has 0 aliphatic rings. The fraction of sp³-hybridized carbons (Fsp3) is 0.579. The largest absolute Gasteiger partial charge is 0.374 e. The first-order valence-corrected chi connectivity index (χ1v) is 17.4. The number of hydrazine groups is 1. The van der Waals surface area contributed by atoms with Crippen LogP contribution < -0.4 is 11.2 Å². The number of carbonyl (C=O) groups excluding carboxylic acids is 2. The zero-order valence-electron chi connectivity index (χ0n) is 32.0. The smallest absolute Gasteiger partial charge is 0.253 e. The average Bonchev–Trinajstić information content (AvgIpc) is 3.09. The van der Waals surface area contributed by atoms with Gasteiger partial charge in [0, 0.05) is 39.2 Å². The molecule has 2 amide bonds. The minimum atomic E-state index is -0.601. The number of aliphatic hydroxyl groups is 1. The molecule has 0 heterocycles. The number of aryl methyl sites for hydroxylation is 2. The van der Waals surface area contributed by atoms with E-state index in [4.69, 9.17) is 16.5 Å². The predicted molar refractivity (Wildman–Crippen MR) is 201 cm³/mol. The van der Waals surface area contributed by atoms with Gasteiger partial charge in [0.25, 0.3) is 5.91 Å². The number of amidine groups is 1. The second-order valence-corrected chi connectivity index (χ2v) is 12.3. The Balaban J connectivity index is 0.00000111. The molecule has 2 aromatic carbocycles. The Kier molecular flexibility index (Phi) is 22.4. The Morgan fingerprint density at radius 2 is 1.63 bits per heavy atom. The van der Waals surface area contributed by atoms with Crippen molar-refractivity contribution >= 4 is 18.2 Å². The lowest BCUT2D eigenvalue weighted by Crippen LogP contribution is -2.32. The molecule has 11 heteroatoms. The Morgan fingerprint density at radius 3 is 2.06 bits per heavy atom. The highest BCUT2D eigenvalue weighted by atomic mass is 16.3. The van der Waals surface area contributed by atoms with Crippen LogP contribution in [0.5, 0.6) is 0 Å². The van der Waals surface area contributed by atoms with Gasteiger partial charge in [-0.15, -0.1) is 0 Å². The number of nitrogens with two attached hydrogens (primary N) is 1. The van der Waals surface area contributed by atoms with Gasteiger partial charge in [-0.2, -0.15) is 5.26 Å². The molecule has 0 aliphatic heterocycles. The minimum absolute atomic E-state index is 0.0324. The maximum absolute atomic E-state index is 12.5. The maximum Gasteiger partial charge on any atom is 0.253 e. The number of aliphatic hydroxyl groups excluding tert-OH is 1. The molecular weight excluding hydrogens is 616 g/mol. The second-order valence-electron chi connectivity index (χ2n) is 12.3. The van der Waals surface area contributed by atoms with E-state index >= 15 is 0 Å². The van der Waals surface area contributed by atoms with E-state index < -0.39 is 6.23 Å². The van der Waals surface area contributed by atoms with Crippen LogP contribution in [-0.2, 0) is 11.2 Å². The van der Waals surface area contributed by atoms with Crippen molar-refractivity contribution in [1.82, 2.24) is 25.0 Å². The molecular formula is C38H64N8O3. The van der Waals surface area contributed by atoms with Crippen LogP contribution in [0.25, 0.3) is 0 Å². The summed E-state index contributed by atoms with van der Waals surface area (Å²) in [5.41, 5.74) is 6.61. The van der Waals surface area contributed by atoms with Crippen molar-refractivity contribution in [3.8, 4) is 6.07 Å². The number of nitrogens with one attached hydrogen (secondary N) is 2. The third kappa shape index (κ3) is 15.1. The van der Waals surface area contributed by atoms with Crippen molar-refractivity contribution in [3.05, 3.63) is 69.8 Å². The highest BCUT2D eigenvalue weighted by Gasteiger charge is 2.22. The molecule has 274 valence electrons. The molecule has 2 rings (SSSR count). The second kappa shape index (κ2) is 24.3. The molecule has 0 saturated carbocycles. The van der Waals surface area contributed by atoms with Crippen LogP contribution in [-0.4, -0.2) is 103 Å². The molecule has 0 spiro atoms. The molecule has 49 heavy (non-hydrogen) atoms. The summed E-state index contributed by atoms with van der Waals surface area (Å²) in [6.45, 7) is 17.2. The molecule has 3 atom stereocenters. The van der Waals surface area contributed by atoms with Gasteiger partial charge >= 0.3 is 0 Å². The number of nitriles is 1. The van der Waals surface area contributed by atoms with Gasteiger partial charge in [-0.3, -0.25) is 19.9 Å². The molecule has 5 N–H and O–H groups in total. The van der Waals surface area contributed by atoms with Crippen LogP contribution >= 0.6 is 0 Å². The Labute approximate surface area is 296 Å². The fourth-order valence-corrected chi connectivity index (χ4v) is 5.17. The highest BCUT2D eigenvalue weighted by molar-refractivity contribution is 5.94. The van der Waals surface area contributed by atoms with E-state index in [1.54, 1.807) is 33.0 Å². The summed E-state index contributed by atoms with van der Waals surface area (Å²) in [6.07, 6.45) is 3.68. The number of rotatable bonds is 16. The predicted octanol–water partition coefficient (Wildman–Crippen LogP) is 5.28. The van der Waals surface area contributed by atoms with E-state index in [1.165, 1.54) is 32.2 Å². The van der Waals surface area contributed by atoms with Crippen LogP contribution in [0.3, 0.4) is 0 Å². The van der Waals surface area contributed by atoms with Crippen LogP contribution in [0.2, 0.25) is 0 Å². The van der Waals surface area contributed by atoms with Crippen molar-refractivity contribution in [2.24, 2.45) is 5.84 Å². The number of hydrogen-bond donors (Lipinski definition) is 4. The lowest BCUT2D eigenvalue weighted by molar-refractivity contribution is -0.119. The Hall–Kier alpha value is -3.82. The van der Waals surface area contributed by atoms with Gasteiger partial charge in [-0.1, -0.05) is 58.4 Å². The summed E-state index contributed by atoms with van der Waals surface area (Å²) in [6, 6.07) is 14.4. The van der Waals surface area contributed by atoms with Crippen LogP contribution in [0.1, 0.15) is 111 Å². The summed E-state index contributed by atoms with van der Waals surface area (Å²) < 4.78 is 0. The van der Waals surface area contributed by atoms with Gasteiger partial charge in [0.05, 0.1) is 6.07 Å². The van der Waals surface area contributed by atoms with Crippen molar-refractivity contribution in [2.45, 2.75) is 92.3 Å². The normalized spacial score (nSPS) is 12.3. The molecule has 0 aromatic heterocycles. The van der Waals surface area contributed by atoms with Gasteiger partial charge in [0.1, 0.15) is 18.1 Å². The van der Waals surface area contributed by atoms with Gasteiger partial charge in [0.2, 0.25) is 6.41 Å². The van der Waals surface area contributed by atoms with Gasteiger partial charge < -0.3 is 25.2 Å². The maximum atomic E-state index is 12.5. The molecule has 0 aliphatic carbocycles. The first-order valence-electron chi connectivity index (χ1n) is 17.4. The fourth-order valence-electron chi connectivity index (χ4n) is 5.17. The van der Waals surface area contributed by atoms with Gasteiger partial charge in [0.15, 0.2) is 0 Å². The van der Waals surface area contributed by atoms with E-state index in [0.29, 0.717) is 12.4 Å². The number of benzene rings is 2. The van der Waals surface area contributed by atoms with E-state index in [1.807, 2.05) is 38.8 Å². The van der Waals surface area contributed by atoms with Crippen molar-refractivity contribution in [3.63, 3.8) is 0 Å². The molecule has 3 unspecified atom stereocenters. The zero-order valence-corrected chi connectivity index (χ0v) is 32.0. The SMILES string of the molecule is CC(=N)N(C)N.CCCC(C#N)N(C=O)CC.CCNCCC(c1ccc(C(O)N(C)CC)cc1C)c1ccc(C(=O)N(C)C)cc1CC. The van der Waals surface area contributed by atoms with Gasteiger partial charge in [-0.25, -0.2) is 5.84 Å². The topological polar surface area (TPSA) is 153 Å². The summed E-state index contributed by atoms with van der Waals surface area (Å²) in [4.78, 5) is 27.9. The summed E-state index contributed by atoms with van der Waals surface area (Å²) in [5.74, 6) is 5.67. The molecule has 0 bridgehead atoms. The third-order valence-electron chi connectivity index (χ3n) is 8.44. The summed E-state index contributed by atoms with van der Waals surface area (Å²) in [5, 5.41) is 30.7. The number of amides is 2. The Bertz CT molecular complexity index is 1320.